The third-order valence-corrected chi connectivity index (χ3v) is 6.63. The number of thiophene rings is 1. The molecule has 3 N–H and O–H groups in total. The van der Waals surface area contributed by atoms with Crippen LogP contribution in [0.4, 0.5) is 5.00 Å². The molecule has 2 aromatic heterocycles. The van der Waals surface area contributed by atoms with E-state index in [0.717, 1.165) is 47.9 Å². The quantitative estimate of drug-likeness (QED) is 0.423. The summed E-state index contributed by atoms with van der Waals surface area (Å²) in [4.78, 5) is 41.4. The Morgan fingerprint density at radius 1 is 1.23 bits per heavy atom. The van der Waals surface area contributed by atoms with E-state index >= 15 is 0 Å². The summed E-state index contributed by atoms with van der Waals surface area (Å²) in [7, 11) is 0. The maximum atomic E-state index is 12.2. The zero-order chi connectivity index (χ0) is 21.1. The van der Waals surface area contributed by atoms with Gasteiger partial charge in [-0.15, -0.1) is 11.3 Å². The first-order valence-corrected chi connectivity index (χ1v) is 11.2. The van der Waals surface area contributed by atoms with Crippen LogP contribution in [0.2, 0.25) is 0 Å². The summed E-state index contributed by atoms with van der Waals surface area (Å²) in [6.45, 7) is -0.451. The highest BCUT2D eigenvalue weighted by molar-refractivity contribution is 7.99. The molecule has 30 heavy (non-hydrogen) atoms. The number of primary amides is 1. The lowest BCUT2D eigenvalue weighted by atomic mass is 9.95. The van der Waals surface area contributed by atoms with Crippen molar-refractivity contribution in [2.24, 2.45) is 5.73 Å². The second-order valence-electron chi connectivity index (χ2n) is 6.72. The molecule has 8 nitrogen and oxygen atoms in total. The Balaban J connectivity index is 1.30. The van der Waals surface area contributed by atoms with Crippen molar-refractivity contribution in [2.45, 2.75) is 30.9 Å². The predicted octanol–water partition coefficient (Wildman–Crippen LogP) is 3.14. The molecule has 156 valence electrons. The van der Waals surface area contributed by atoms with Crippen LogP contribution in [0.15, 0.2) is 33.9 Å². The summed E-state index contributed by atoms with van der Waals surface area (Å²) in [5.41, 5.74) is 8.17. The van der Waals surface area contributed by atoms with Crippen LogP contribution in [0, 0.1) is 0 Å². The molecule has 0 spiro atoms. The molecule has 0 aliphatic heterocycles. The lowest BCUT2D eigenvalue weighted by Crippen LogP contribution is -2.23. The number of nitrogens with two attached hydrogens (primary N) is 1. The van der Waals surface area contributed by atoms with Crippen LogP contribution >= 0.6 is 23.1 Å². The zero-order valence-electron chi connectivity index (χ0n) is 15.9. The van der Waals surface area contributed by atoms with Gasteiger partial charge in [0, 0.05) is 4.88 Å². The van der Waals surface area contributed by atoms with E-state index < -0.39 is 24.4 Å². The van der Waals surface area contributed by atoms with Crippen LogP contribution in [0.25, 0.3) is 11.1 Å². The number of aryl methyl sites for hydroxylation is 1. The number of thioether (sulfide) groups is 1. The zero-order valence-corrected chi connectivity index (χ0v) is 17.6. The molecule has 3 aromatic rings. The largest absolute Gasteiger partial charge is 0.455 e. The normalized spacial score (nSPS) is 13.1. The topological polar surface area (TPSA) is 125 Å². The second-order valence-corrected chi connectivity index (χ2v) is 8.76. The summed E-state index contributed by atoms with van der Waals surface area (Å²) >= 11 is 2.46. The lowest BCUT2D eigenvalue weighted by Gasteiger charge is -2.11. The summed E-state index contributed by atoms with van der Waals surface area (Å²) < 4.78 is 10.5. The fourth-order valence-corrected chi connectivity index (χ4v) is 5.25. The van der Waals surface area contributed by atoms with Crippen LogP contribution in [0.3, 0.4) is 0 Å². The number of rotatable bonds is 7. The molecule has 0 unspecified atom stereocenters. The fraction of sp³-hybridized carbons (Fsp3) is 0.300. The Kier molecular flexibility index (Phi) is 6.05. The first kappa shape index (κ1) is 20.4. The smallest absolute Gasteiger partial charge is 0.316 e. The molecule has 1 aromatic carbocycles. The first-order chi connectivity index (χ1) is 14.5. The van der Waals surface area contributed by atoms with Gasteiger partial charge in [0.05, 0.1) is 5.56 Å². The SMILES string of the molecule is NC(=O)c1c(NC(=O)COC(=O)CSc2nc3ccccc3o2)sc2c1CCCC2. The fourth-order valence-electron chi connectivity index (χ4n) is 3.30. The molecular formula is C20H19N3O5S2. The molecule has 1 aliphatic rings. The van der Waals surface area contributed by atoms with Crippen molar-refractivity contribution in [3.63, 3.8) is 0 Å². The standard InChI is InChI=1S/C20H19N3O5S2/c21-18(26)17-11-5-1-4-8-14(11)30-19(17)23-15(24)9-27-16(25)10-29-20-22-12-6-2-3-7-13(12)28-20/h2-3,6-7H,1,4-5,8-10H2,(H2,21,26)(H,23,24). The Morgan fingerprint density at radius 3 is 2.83 bits per heavy atom. The predicted molar refractivity (Wildman–Crippen MR) is 114 cm³/mol. The average molecular weight is 446 g/mol. The number of anilines is 1. The van der Waals surface area contributed by atoms with Crippen LogP contribution in [-0.2, 0) is 27.2 Å². The van der Waals surface area contributed by atoms with E-state index in [9.17, 15) is 14.4 Å². The van der Waals surface area contributed by atoms with Crippen LogP contribution in [0.1, 0.15) is 33.6 Å². The molecule has 0 saturated carbocycles. The third kappa shape index (κ3) is 4.49. The Hall–Kier alpha value is -2.85. The number of fused-ring (bicyclic) bond motifs is 2. The average Bonchev–Trinajstić information content (AvgIpc) is 3.31. The molecule has 2 amide bonds. The Labute approximate surface area is 180 Å². The number of nitrogens with one attached hydrogen (secondary N) is 1. The molecular weight excluding hydrogens is 426 g/mol. The number of nitrogens with zero attached hydrogens (tertiary/aromatic N) is 1. The minimum atomic E-state index is -0.571. The molecule has 0 fully saturated rings. The van der Waals surface area contributed by atoms with Gasteiger partial charge in [0.2, 0.25) is 0 Å². The van der Waals surface area contributed by atoms with Crippen molar-refractivity contribution < 1.29 is 23.5 Å². The number of oxazole rings is 1. The molecule has 2 heterocycles. The first-order valence-electron chi connectivity index (χ1n) is 9.39. The minimum absolute atomic E-state index is 0.0417. The van der Waals surface area contributed by atoms with Crippen molar-refractivity contribution >= 4 is 57.0 Å². The minimum Gasteiger partial charge on any atom is -0.455 e. The van der Waals surface area contributed by atoms with Gasteiger partial charge in [0.25, 0.3) is 17.0 Å². The van der Waals surface area contributed by atoms with Gasteiger partial charge in [-0.2, -0.15) is 0 Å². The molecule has 0 atom stereocenters. The number of hydrogen-bond acceptors (Lipinski definition) is 8. The lowest BCUT2D eigenvalue weighted by molar-refractivity contribution is -0.144. The maximum absolute atomic E-state index is 12.2. The van der Waals surface area contributed by atoms with Gasteiger partial charge < -0.3 is 20.2 Å². The third-order valence-electron chi connectivity index (χ3n) is 4.62. The van der Waals surface area contributed by atoms with E-state index in [1.165, 1.54) is 11.3 Å². The van der Waals surface area contributed by atoms with E-state index in [0.29, 0.717) is 26.9 Å². The van der Waals surface area contributed by atoms with Crippen molar-refractivity contribution in [2.75, 3.05) is 17.7 Å². The summed E-state index contributed by atoms with van der Waals surface area (Å²) in [5, 5.41) is 3.44. The molecule has 0 saturated heterocycles. The van der Waals surface area contributed by atoms with E-state index in [-0.39, 0.29) is 5.75 Å². The number of hydrogen-bond donors (Lipinski definition) is 2. The second kappa shape index (κ2) is 8.88. The summed E-state index contributed by atoms with van der Waals surface area (Å²) in [5.74, 6) is -1.69. The number of ether oxygens (including phenoxy) is 1. The summed E-state index contributed by atoms with van der Waals surface area (Å²) in [6, 6.07) is 7.29. The van der Waals surface area contributed by atoms with Crippen molar-refractivity contribution in [1.29, 1.82) is 0 Å². The van der Waals surface area contributed by atoms with Gasteiger partial charge in [0.15, 0.2) is 12.2 Å². The molecule has 1 aliphatic carbocycles. The Bertz CT molecular complexity index is 1090. The highest BCUT2D eigenvalue weighted by Gasteiger charge is 2.25. The van der Waals surface area contributed by atoms with Gasteiger partial charge in [-0.1, -0.05) is 23.9 Å². The van der Waals surface area contributed by atoms with Gasteiger partial charge >= 0.3 is 5.97 Å². The Morgan fingerprint density at radius 2 is 2.03 bits per heavy atom. The van der Waals surface area contributed by atoms with Crippen LogP contribution in [0.5, 0.6) is 0 Å². The summed E-state index contributed by atoms with van der Waals surface area (Å²) in [6.07, 6.45) is 3.70. The van der Waals surface area contributed by atoms with Crippen LogP contribution < -0.4 is 11.1 Å². The number of para-hydroxylation sites is 2. The molecule has 10 heteroatoms. The number of benzene rings is 1. The number of carbonyl (C=O) groups excluding carboxylic acids is 3. The van der Waals surface area contributed by atoms with E-state index in [1.807, 2.05) is 18.2 Å². The van der Waals surface area contributed by atoms with E-state index in [1.54, 1.807) is 6.07 Å². The maximum Gasteiger partial charge on any atom is 0.316 e. The molecule has 4 rings (SSSR count). The number of aromatic nitrogens is 1. The monoisotopic (exact) mass is 445 g/mol. The van der Waals surface area contributed by atoms with Gasteiger partial charge in [-0.05, 0) is 43.4 Å². The molecule has 0 radical (unpaired) electrons. The van der Waals surface area contributed by atoms with Crippen molar-refractivity contribution in [1.82, 2.24) is 4.98 Å². The highest BCUT2D eigenvalue weighted by atomic mass is 32.2. The van der Waals surface area contributed by atoms with Gasteiger partial charge in [-0.25, -0.2) is 4.98 Å². The van der Waals surface area contributed by atoms with Gasteiger partial charge in [0.1, 0.15) is 16.3 Å². The van der Waals surface area contributed by atoms with E-state index in [4.69, 9.17) is 14.9 Å². The van der Waals surface area contributed by atoms with Crippen LogP contribution in [-0.4, -0.2) is 35.1 Å². The van der Waals surface area contributed by atoms with E-state index in [2.05, 4.69) is 10.3 Å². The number of amides is 2. The van der Waals surface area contributed by atoms with Gasteiger partial charge in [-0.3, -0.25) is 14.4 Å². The highest BCUT2D eigenvalue weighted by Crippen LogP contribution is 2.37. The number of carbonyl (C=O) groups is 3. The van der Waals surface area contributed by atoms with Crippen molar-refractivity contribution in [3.05, 3.63) is 40.3 Å². The number of esters is 1. The molecule has 0 bridgehead atoms. The van der Waals surface area contributed by atoms with Crippen molar-refractivity contribution in [3.8, 4) is 0 Å².